The molecule has 122 valence electrons. The molecule has 1 atom stereocenters. The van der Waals surface area contributed by atoms with Crippen LogP contribution in [0.25, 0.3) is 0 Å². The largest absolute Gasteiger partial charge is 0.493 e. The maximum atomic E-state index is 11.6. The predicted molar refractivity (Wildman–Crippen MR) is 81.3 cm³/mol. The first-order chi connectivity index (χ1) is 10.5. The standard InChI is InChI=1S/C15H22N2O5/c1-10(14(18)22-4)17-15(19)16-8-7-11-5-6-12(20-2)13(9-11)21-3/h5-6,9-10H,7-8H2,1-4H3,(H2,16,17,19). The first-order valence-corrected chi connectivity index (χ1v) is 6.85. The molecule has 0 fully saturated rings. The van der Waals surface area contributed by atoms with Gasteiger partial charge in [0.25, 0.3) is 0 Å². The number of ether oxygens (including phenoxy) is 3. The lowest BCUT2D eigenvalue weighted by molar-refractivity contribution is -0.142. The van der Waals surface area contributed by atoms with Crippen LogP contribution >= 0.6 is 0 Å². The molecule has 1 aromatic carbocycles. The van der Waals surface area contributed by atoms with E-state index in [1.807, 2.05) is 18.2 Å². The highest BCUT2D eigenvalue weighted by atomic mass is 16.5. The Morgan fingerprint density at radius 2 is 1.82 bits per heavy atom. The number of carbonyl (C=O) groups excluding carboxylic acids is 2. The van der Waals surface area contributed by atoms with Gasteiger partial charge in [0.05, 0.1) is 21.3 Å². The number of methoxy groups -OCH3 is 3. The number of benzene rings is 1. The normalized spacial score (nSPS) is 11.3. The maximum Gasteiger partial charge on any atom is 0.328 e. The number of hydrogen-bond donors (Lipinski definition) is 2. The van der Waals surface area contributed by atoms with Crippen LogP contribution in [0.1, 0.15) is 12.5 Å². The third-order valence-corrected chi connectivity index (χ3v) is 3.05. The molecule has 0 aliphatic heterocycles. The Labute approximate surface area is 129 Å². The zero-order chi connectivity index (χ0) is 16.5. The number of amides is 2. The Hall–Kier alpha value is -2.44. The molecule has 0 bridgehead atoms. The molecule has 22 heavy (non-hydrogen) atoms. The van der Waals surface area contributed by atoms with E-state index in [0.29, 0.717) is 24.5 Å². The Morgan fingerprint density at radius 3 is 2.41 bits per heavy atom. The minimum absolute atomic E-state index is 0.418. The van der Waals surface area contributed by atoms with Crippen LogP contribution in [-0.4, -0.2) is 45.9 Å². The van der Waals surface area contributed by atoms with Gasteiger partial charge in [-0.1, -0.05) is 6.07 Å². The van der Waals surface area contributed by atoms with Crippen molar-refractivity contribution in [2.75, 3.05) is 27.9 Å². The van der Waals surface area contributed by atoms with Gasteiger partial charge in [0, 0.05) is 6.54 Å². The zero-order valence-corrected chi connectivity index (χ0v) is 13.3. The van der Waals surface area contributed by atoms with Crippen LogP contribution in [0.4, 0.5) is 4.79 Å². The van der Waals surface area contributed by atoms with Crippen LogP contribution < -0.4 is 20.1 Å². The molecule has 0 saturated heterocycles. The fraction of sp³-hybridized carbons (Fsp3) is 0.467. The smallest absolute Gasteiger partial charge is 0.328 e. The van der Waals surface area contributed by atoms with Crippen molar-refractivity contribution >= 4 is 12.0 Å². The molecule has 2 N–H and O–H groups in total. The van der Waals surface area contributed by atoms with Gasteiger partial charge in [-0.15, -0.1) is 0 Å². The summed E-state index contributed by atoms with van der Waals surface area (Å²) >= 11 is 0. The Bertz CT molecular complexity index is 519. The molecule has 7 nitrogen and oxygen atoms in total. The molecule has 7 heteroatoms. The predicted octanol–water partition coefficient (Wildman–Crippen LogP) is 1.11. The van der Waals surface area contributed by atoms with Crippen LogP contribution in [0, 0.1) is 0 Å². The topological polar surface area (TPSA) is 85.9 Å². The van der Waals surface area contributed by atoms with Crippen molar-refractivity contribution in [1.29, 1.82) is 0 Å². The third-order valence-electron chi connectivity index (χ3n) is 3.05. The second-order valence-electron chi connectivity index (χ2n) is 4.58. The summed E-state index contributed by atoms with van der Waals surface area (Å²) in [6.07, 6.45) is 0.625. The summed E-state index contributed by atoms with van der Waals surface area (Å²) in [6.45, 7) is 1.98. The molecule has 0 aliphatic carbocycles. The van der Waals surface area contributed by atoms with Gasteiger partial charge < -0.3 is 24.8 Å². The van der Waals surface area contributed by atoms with Gasteiger partial charge in [-0.05, 0) is 31.0 Å². The second-order valence-corrected chi connectivity index (χ2v) is 4.58. The van der Waals surface area contributed by atoms with Gasteiger partial charge in [-0.3, -0.25) is 0 Å². The summed E-state index contributed by atoms with van der Waals surface area (Å²) in [5.41, 5.74) is 0.999. The monoisotopic (exact) mass is 310 g/mol. The minimum Gasteiger partial charge on any atom is -0.493 e. The van der Waals surface area contributed by atoms with Gasteiger partial charge in [-0.2, -0.15) is 0 Å². The van der Waals surface area contributed by atoms with E-state index in [4.69, 9.17) is 9.47 Å². The highest BCUT2D eigenvalue weighted by Gasteiger charge is 2.15. The van der Waals surface area contributed by atoms with Crippen molar-refractivity contribution in [2.24, 2.45) is 0 Å². The molecule has 0 spiro atoms. The average Bonchev–Trinajstić information content (AvgIpc) is 2.53. The van der Waals surface area contributed by atoms with Crippen molar-refractivity contribution in [3.05, 3.63) is 23.8 Å². The zero-order valence-electron chi connectivity index (χ0n) is 13.3. The lowest BCUT2D eigenvalue weighted by Gasteiger charge is -2.13. The number of nitrogens with one attached hydrogen (secondary N) is 2. The van der Waals surface area contributed by atoms with Gasteiger partial charge in [0.2, 0.25) is 0 Å². The molecular weight excluding hydrogens is 288 g/mol. The van der Waals surface area contributed by atoms with Gasteiger partial charge in [0.15, 0.2) is 11.5 Å². The number of rotatable bonds is 7. The highest BCUT2D eigenvalue weighted by molar-refractivity contribution is 5.83. The van der Waals surface area contributed by atoms with E-state index < -0.39 is 18.0 Å². The third kappa shape index (κ3) is 5.16. The molecule has 1 aromatic rings. The van der Waals surface area contributed by atoms with Crippen molar-refractivity contribution in [1.82, 2.24) is 10.6 Å². The number of esters is 1. The summed E-state index contributed by atoms with van der Waals surface area (Å²) in [5.74, 6) is 0.808. The molecule has 0 aliphatic rings. The lowest BCUT2D eigenvalue weighted by atomic mass is 10.1. The number of urea groups is 1. The number of hydrogen-bond acceptors (Lipinski definition) is 5. The average molecular weight is 310 g/mol. The van der Waals surface area contributed by atoms with Gasteiger partial charge in [-0.25, -0.2) is 9.59 Å². The molecule has 0 radical (unpaired) electrons. The van der Waals surface area contributed by atoms with E-state index in [1.54, 1.807) is 21.1 Å². The first-order valence-electron chi connectivity index (χ1n) is 6.85. The Balaban J connectivity index is 2.44. The van der Waals surface area contributed by atoms with Crippen LogP contribution in [0.5, 0.6) is 11.5 Å². The van der Waals surface area contributed by atoms with E-state index in [9.17, 15) is 9.59 Å². The molecule has 1 unspecified atom stereocenters. The summed E-state index contributed by atoms with van der Waals surface area (Å²) in [7, 11) is 4.42. The molecule has 0 saturated carbocycles. The van der Waals surface area contributed by atoms with Gasteiger partial charge >= 0.3 is 12.0 Å². The number of carbonyl (C=O) groups is 2. The molecule has 2 amide bonds. The van der Waals surface area contributed by atoms with E-state index in [0.717, 1.165) is 5.56 Å². The van der Waals surface area contributed by atoms with E-state index in [1.165, 1.54) is 7.11 Å². The van der Waals surface area contributed by atoms with Crippen LogP contribution in [0.3, 0.4) is 0 Å². The fourth-order valence-electron chi connectivity index (χ4n) is 1.84. The first kappa shape index (κ1) is 17.6. The fourth-order valence-corrected chi connectivity index (χ4v) is 1.84. The molecule has 0 heterocycles. The second kappa shape index (κ2) is 8.76. The van der Waals surface area contributed by atoms with Crippen LogP contribution in [-0.2, 0) is 16.0 Å². The molecular formula is C15H22N2O5. The van der Waals surface area contributed by atoms with E-state index in [2.05, 4.69) is 15.4 Å². The quantitative estimate of drug-likeness (QED) is 0.737. The highest BCUT2D eigenvalue weighted by Crippen LogP contribution is 2.27. The SMILES string of the molecule is COC(=O)C(C)NC(=O)NCCc1ccc(OC)c(OC)c1. The van der Waals surface area contributed by atoms with Crippen LogP contribution in [0.15, 0.2) is 18.2 Å². The molecule has 1 rings (SSSR count). The molecule has 0 aromatic heterocycles. The summed E-state index contributed by atoms with van der Waals surface area (Å²) < 4.78 is 14.9. The van der Waals surface area contributed by atoms with Crippen LogP contribution in [0.2, 0.25) is 0 Å². The van der Waals surface area contributed by atoms with Crippen molar-refractivity contribution < 1.29 is 23.8 Å². The lowest BCUT2D eigenvalue weighted by Crippen LogP contribution is -2.45. The summed E-state index contributed by atoms with van der Waals surface area (Å²) in [5, 5.41) is 5.17. The Kier molecular flexibility index (Phi) is 7.01. The summed E-state index contributed by atoms with van der Waals surface area (Å²) in [4.78, 5) is 22.8. The van der Waals surface area contributed by atoms with E-state index >= 15 is 0 Å². The Morgan fingerprint density at radius 1 is 1.14 bits per heavy atom. The van der Waals surface area contributed by atoms with Crippen molar-refractivity contribution in [2.45, 2.75) is 19.4 Å². The van der Waals surface area contributed by atoms with Crippen molar-refractivity contribution in [3.8, 4) is 11.5 Å². The minimum atomic E-state index is -0.689. The maximum absolute atomic E-state index is 11.6. The van der Waals surface area contributed by atoms with Gasteiger partial charge in [0.1, 0.15) is 6.04 Å². The van der Waals surface area contributed by atoms with Crippen molar-refractivity contribution in [3.63, 3.8) is 0 Å². The summed E-state index contributed by atoms with van der Waals surface area (Å²) in [6, 6.07) is 4.46. The van der Waals surface area contributed by atoms with E-state index in [-0.39, 0.29) is 0 Å².